The smallest absolute Gasteiger partial charge is 0.0572 e. The highest BCUT2D eigenvalue weighted by atomic mass is 15.3. The summed E-state index contributed by atoms with van der Waals surface area (Å²) in [6.07, 6.45) is 3.14. The highest BCUT2D eigenvalue weighted by Gasteiger charge is 2.29. The van der Waals surface area contributed by atoms with Crippen LogP contribution in [0.3, 0.4) is 0 Å². The van der Waals surface area contributed by atoms with Crippen molar-refractivity contribution in [2.75, 3.05) is 13.1 Å². The van der Waals surface area contributed by atoms with Crippen LogP contribution in [-0.4, -0.2) is 35.1 Å². The number of aromatic nitrogens is 1. The van der Waals surface area contributed by atoms with Gasteiger partial charge in [-0.1, -0.05) is 19.9 Å². The number of nitrogens with one attached hydrogen (secondary N) is 1. The van der Waals surface area contributed by atoms with Crippen LogP contribution in [0.2, 0.25) is 0 Å². The van der Waals surface area contributed by atoms with Crippen LogP contribution in [0.25, 0.3) is 0 Å². The van der Waals surface area contributed by atoms with Crippen LogP contribution >= 0.6 is 0 Å². The Kier molecular flexibility index (Phi) is 4.94. The molecule has 1 fully saturated rings. The molecule has 1 aromatic heterocycles. The number of nitrogens with zero attached hydrogens (tertiary/aromatic N) is 2. The predicted octanol–water partition coefficient (Wildman–Crippen LogP) is 2.85. The average Bonchev–Trinajstić information content (AvgIpc) is 2.40. The molecule has 2 rings (SSSR count). The van der Waals surface area contributed by atoms with Crippen molar-refractivity contribution in [2.45, 2.75) is 52.2 Å². The van der Waals surface area contributed by atoms with Crippen molar-refractivity contribution >= 4 is 0 Å². The van der Waals surface area contributed by atoms with Crippen molar-refractivity contribution < 1.29 is 0 Å². The first-order valence-corrected chi connectivity index (χ1v) is 7.48. The van der Waals surface area contributed by atoms with Crippen LogP contribution in [0.4, 0.5) is 0 Å². The second kappa shape index (κ2) is 6.49. The van der Waals surface area contributed by atoms with E-state index in [1.54, 1.807) is 0 Å². The Morgan fingerprint density at radius 1 is 1.37 bits per heavy atom. The average molecular weight is 261 g/mol. The van der Waals surface area contributed by atoms with E-state index in [4.69, 9.17) is 0 Å². The van der Waals surface area contributed by atoms with Gasteiger partial charge in [0, 0.05) is 37.4 Å². The number of pyridine rings is 1. The molecule has 3 nitrogen and oxygen atoms in total. The molecule has 0 saturated carbocycles. The Hall–Kier alpha value is -0.930. The summed E-state index contributed by atoms with van der Waals surface area (Å²) in [4.78, 5) is 7.10. The maximum absolute atomic E-state index is 4.51. The van der Waals surface area contributed by atoms with Crippen molar-refractivity contribution in [3.63, 3.8) is 0 Å². The molecular formula is C16H27N3. The summed E-state index contributed by atoms with van der Waals surface area (Å²) in [6, 6.07) is 7.78. The van der Waals surface area contributed by atoms with E-state index in [0.29, 0.717) is 18.1 Å². The Morgan fingerprint density at radius 2 is 2.16 bits per heavy atom. The Labute approximate surface area is 117 Å². The first-order valence-electron chi connectivity index (χ1n) is 7.48. The highest BCUT2D eigenvalue weighted by molar-refractivity contribution is 5.09. The zero-order valence-electron chi connectivity index (χ0n) is 12.6. The number of hydrogen-bond acceptors (Lipinski definition) is 3. The standard InChI is InChI=1S/C16H27N3/c1-12(2)9-15-11-19(13(3)10-18-15)14(4)16-7-5-6-8-17-16/h5-8,12-15,18H,9-11H2,1-4H3. The molecule has 1 aliphatic heterocycles. The van der Waals surface area contributed by atoms with E-state index < -0.39 is 0 Å². The van der Waals surface area contributed by atoms with E-state index in [1.807, 2.05) is 12.3 Å². The first-order chi connectivity index (χ1) is 9.08. The molecule has 3 atom stereocenters. The maximum atomic E-state index is 4.51. The van der Waals surface area contributed by atoms with Crippen molar-refractivity contribution in [1.29, 1.82) is 0 Å². The van der Waals surface area contributed by atoms with Crippen molar-refractivity contribution in [1.82, 2.24) is 15.2 Å². The lowest BCUT2D eigenvalue weighted by molar-refractivity contribution is 0.0905. The van der Waals surface area contributed by atoms with Crippen LogP contribution in [0.5, 0.6) is 0 Å². The summed E-state index contributed by atoms with van der Waals surface area (Å²) < 4.78 is 0. The fraction of sp³-hybridized carbons (Fsp3) is 0.688. The van der Waals surface area contributed by atoms with E-state index in [2.05, 4.69) is 55.0 Å². The zero-order valence-corrected chi connectivity index (χ0v) is 12.6. The third-order valence-corrected chi connectivity index (χ3v) is 4.07. The Morgan fingerprint density at radius 3 is 2.79 bits per heavy atom. The molecule has 0 bridgehead atoms. The van der Waals surface area contributed by atoms with Gasteiger partial charge in [-0.05, 0) is 38.3 Å². The monoisotopic (exact) mass is 261 g/mol. The molecule has 1 N–H and O–H groups in total. The molecule has 3 unspecified atom stereocenters. The lowest BCUT2D eigenvalue weighted by Gasteiger charge is -2.42. The first kappa shape index (κ1) is 14.5. The normalized spacial score (nSPS) is 26.6. The second-order valence-corrected chi connectivity index (χ2v) is 6.21. The molecule has 19 heavy (non-hydrogen) atoms. The quantitative estimate of drug-likeness (QED) is 0.903. The summed E-state index contributed by atoms with van der Waals surface area (Å²) in [6.45, 7) is 11.4. The minimum atomic E-state index is 0.396. The van der Waals surface area contributed by atoms with Gasteiger partial charge in [0.15, 0.2) is 0 Å². The van der Waals surface area contributed by atoms with E-state index in [0.717, 1.165) is 19.0 Å². The Balaban J connectivity index is 2.04. The molecular weight excluding hydrogens is 234 g/mol. The summed E-state index contributed by atoms with van der Waals surface area (Å²) in [5, 5.41) is 3.67. The largest absolute Gasteiger partial charge is 0.311 e. The van der Waals surface area contributed by atoms with Crippen molar-refractivity contribution in [2.24, 2.45) is 5.92 Å². The SMILES string of the molecule is CC(C)CC1CN(C(C)c2ccccn2)C(C)CN1. The predicted molar refractivity (Wildman–Crippen MR) is 80.1 cm³/mol. The minimum Gasteiger partial charge on any atom is -0.311 e. The molecule has 0 spiro atoms. The van der Waals surface area contributed by atoms with Crippen LogP contribution < -0.4 is 5.32 Å². The lowest BCUT2D eigenvalue weighted by Crippen LogP contribution is -2.56. The van der Waals surface area contributed by atoms with Gasteiger partial charge in [-0.2, -0.15) is 0 Å². The Bertz CT molecular complexity index is 377. The number of hydrogen-bond donors (Lipinski definition) is 1. The van der Waals surface area contributed by atoms with Gasteiger partial charge in [0.05, 0.1) is 5.69 Å². The molecule has 3 heteroatoms. The summed E-state index contributed by atoms with van der Waals surface area (Å²) in [7, 11) is 0. The molecule has 1 saturated heterocycles. The molecule has 2 heterocycles. The van der Waals surface area contributed by atoms with Gasteiger partial charge in [0.2, 0.25) is 0 Å². The third-order valence-electron chi connectivity index (χ3n) is 4.07. The minimum absolute atomic E-state index is 0.396. The van der Waals surface area contributed by atoms with E-state index in [9.17, 15) is 0 Å². The van der Waals surface area contributed by atoms with Gasteiger partial charge < -0.3 is 5.32 Å². The van der Waals surface area contributed by atoms with E-state index in [1.165, 1.54) is 12.1 Å². The van der Waals surface area contributed by atoms with Crippen LogP contribution in [0, 0.1) is 5.92 Å². The molecule has 106 valence electrons. The second-order valence-electron chi connectivity index (χ2n) is 6.21. The van der Waals surface area contributed by atoms with E-state index >= 15 is 0 Å². The highest BCUT2D eigenvalue weighted by Crippen LogP contribution is 2.24. The van der Waals surface area contributed by atoms with Crippen molar-refractivity contribution in [3.05, 3.63) is 30.1 Å². The van der Waals surface area contributed by atoms with Gasteiger partial charge in [0.1, 0.15) is 0 Å². The third kappa shape index (κ3) is 3.77. The summed E-state index contributed by atoms with van der Waals surface area (Å²) >= 11 is 0. The van der Waals surface area contributed by atoms with E-state index in [-0.39, 0.29) is 0 Å². The fourth-order valence-corrected chi connectivity index (χ4v) is 3.01. The van der Waals surface area contributed by atoms with Crippen LogP contribution in [0.1, 0.15) is 45.9 Å². The van der Waals surface area contributed by atoms with Crippen molar-refractivity contribution in [3.8, 4) is 0 Å². The molecule has 1 aromatic rings. The summed E-state index contributed by atoms with van der Waals surface area (Å²) in [5.74, 6) is 0.748. The van der Waals surface area contributed by atoms with Gasteiger partial charge in [-0.25, -0.2) is 0 Å². The fourth-order valence-electron chi connectivity index (χ4n) is 3.01. The topological polar surface area (TPSA) is 28.2 Å². The maximum Gasteiger partial charge on any atom is 0.0572 e. The zero-order chi connectivity index (χ0) is 13.8. The molecule has 1 aliphatic rings. The number of piperazine rings is 1. The lowest BCUT2D eigenvalue weighted by atomic mass is 9.98. The van der Waals surface area contributed by atoms with Gasteiger partial charge in [-0.3, -0.25) is 9.88 Å². The van der Waals surface area contributed by atoms with Crippen LogP contribution in [0.15, 0.2) is 24.4 Å². The molecule has 0 aromatic carbocycles. The molecule has 0 amide bonds. The summed E-state index contributed by atoms with van der Waals surface area (Å²) in [5.41, 5.74) is 1.18. The molecule has 0 radical (unpaired) electrons. The van der Waals surface area contributed by atoms with Crippen LogP contribution in [-0.2, 0) is 0 Å². The molecule has 0 aliphatic carbocycles. The van der Waals surface area contributed by atoms with Gasteiger partial charge in [0.25, 0.3) is 0 Å². The van der Waals surface area contributed by atoms with Gasteiger partial charge >= 0.3 is 0 Å². The van der Waals surface area contributed by atoms with Gasteiger partial charge in [-0.15, -0.1) is 0 Å². The number of rotatable bonds is 4.